The summed E-state index contributed by atoms with van der Waals surface area (Å²) in [6.07, 6.45) is 1.33. The summed E-state index contributed by atoms with van der Waals surface area (Å²) in [6.45, 7) is 1.48. The molecule has 29 heavy (non-hydrogen) atoms. The van der Waals surface area contributed by atoms with Gasteiger partial charge in [-0.3, -0.25) is 18.7 Å². The summed E-state index contributed by atoms with van der Waals surface area (Å²) in [7, 11) is 4.30. The Morgan fingerprint density at radius 3 is 2.69 bits per heavy atom. The molecule has 1 aromatic carbocycles. The van der Waals surface area contributed by atoms with Crippen LogP contribution in [-0.4, -0.2) is 42.5 Å². The predicted molar refractivity (Wildman–Crippen MR) is 105 cm³/mol. The van der Waals surface area contributed by atoms with Crippen LogP contribution in [0.3, 0.4) is 0 Å². The van der Waals surface area contributed by atoms with E-state index in [4.69, 9.17) is 4.74 Å². The minimum atomic E-state index is -0.538. The molecule has 2 aromatic heterocycles. The van der Waals surface area contributed by atoms with Crippen LogP contribution in [0.25, 0.3) is 11.2 Å². The van der Waals surface area contributed by atoms with Gasteiger partial charge in [-0.1, -0.05) is 0 Å². The largest absolute Gasteiger partial charge is 0.504 e. The van der Waals surface area contributed by atoms with E-state index in [2.05, 4.69) is 15.5 Å². The third-order valence-electron chi connectivity index (χ3n) is 4.48. The number of nitrogens with one attached hydrogen (secondary N) is 1. The smallest absolute Gasteiger partial charge is 0.332 e. The number of benzene rings is 1. The van der Waals surface area contributed by atoms with Gasteiger partial charge in [-0.25, -0.2) is 15.2 Å². The second-order valence-corrected chi connectivity index (χ2v) is 6.37. The van der Waals surface area contributed by atoms with Crippen molar-refractivity contribution in [3.63, 3.8) is 0 Å². The summed E-state index contributed by atoms with van der Waals surface area (Å²) in [4.78, 5) is 40.7. The molecule has 1 amide bonds. The highest BCUT2D eigenvalue weighted by Crippen LogP contribution is 2.26. The Labute approximate surface area is 164 Å². The Kier molecular flexibility index (Phi) is 5.22. The van der Waals surface area contributed by atoms with Crippen molar-refractivity contribution in [2.45, 2.75) is 13.5 Å². The number of amides is 1. The van der Waals surface area contributed by atoms with E-state index in [9.17, 15) is 19.5 Å². The van der Waals surface area contributed by atoms with Gasteiger partial charge in [0.05, 0.1) is 19.1 Å². The van der Waals surface area contributed by atoms with Crippen molar-refractivity contribution in [3.05, 3.63) is 50.9 Å². The molecule has 11 nitrogen and oxygen atoms in total. The predicted octanol–water partition coefficient (Wildman–Crippen LogP) is -0.312. The highest BCUT2D eigenvalue weighted by molar-refractivity contribution is 5.99. The fourth-order valence-corrected chi connectivity index (χ4v) is 2.82. The van der Waals surface area contributed by atoms with Crippen LogP contribution in [0, 0.1) is 0 Å². The van der Waals surface area contributed by atoms with Crippen LogP contribution >= 0.6 is 0 Å². The summed E-state index contributed by atoms with van der Waals surface area (Å²) in [5, 5.41) is 13.7. The fourth-order valence-electron chi connectivity index (χ4n) is 2.82. The Morgan fingerprint density at radius 2 is 2.00 bits per heavy atom. The van der Waals surface area contributed by atoms with Gasteiger partial charge in [0.15, 0.2) is 22.7 Å². The van der Waals surface area contributed by atoms with E-state index in [0.29, 0.717) is 11.3 Å². The highest BCUT2D eigenvalue weighted by atomic mass is 16.5. The lowest BCUT2D eigenvalue weighted by Gasteiger charge is -2.08. The van der Waals surface area contributed by atoms with Gasteiger partial charge in [0, 0.05) is 19.7 Å². The molecule has 3 aromatic rings. The molecule has 0 saturated heterocycles. The zero-order valence-electron chi connectivity index (χ0n) is 16.3. The lowest BCUT2D eigenvalue weighted by Crippen LogP contribution is -2.38. The first-order valence-corrected chi connectivity index (χ1v) is 8.56. The van der Waals surface area contributed by atoms with Gasteiger partial charge in [-0.05, 0) is 25.1 Å². The summed E-state index contributed by atoms with van der Waals surface area (Å²) in [5.74, 6) is -0.198. The number of aromatic nitrogens is 4. The number of methoxy groups -OCH3 is 1. The molecule has 0 radical (unpaired) electrons. The molecule has 11 heteroatoms. The standard InChI is InChI=1S/C18H20N6O5/c1-10(11-5-6-12(25)13(7-11)29-4)20-21-14(26)8-24-9-19-16-15(24)17(27)23(3)18(28)22(16)2/h5-7,9,25H,8H2,1-4H3,(H,21,26)/b20-10-. The molecule has 152 valence electrons. The number of fused-ring (bicyclic) bond motifs is 1. The number of hydrazone groups is 1. The van der Waals surface area contributed by atoms with Crippen molar-refractivity contribution >= 4 is 22.8 Å². The number of phenolic OH excluding ortho intramolecular Hbond substituents is 1. The number of ether oxygens (including phenoxy) is 1. The molecule has 3 rings (SSSR count). The molecule has 2 heterocycles. The molecular weight excluding hydrogens is 380 g/mol. The number of nitrogens with zero attached hydrogens (tertiary/aromatic N) is 5. The molecule has 0 unspecified atom stereocenters. The normalized spacial score (nSPS) is 11.7. The minimum absolute atomic E-state index is 0.00366. The zero-order chi connectivity index (χ0) is 21.3. The second-order valence-electron chi connectivity index (χ2n) is 6.37. The van der Waals surface area contributed by atoms with E-state index in [-0.39, 0.29) is 29.2 Å². The molecule has 0 spiro atoms. The summed E-state index contributed by atoms with van der Waals surface area (Å²) in [6, 6.07) is 4.69. The summed E-state index contributed by atoms with van der Waals surface area (Å²) >= 11 is 0. The molecule has 0 aliphatic rings. The van der Waals surface area contributed by atoms with Crippen LogP contribution in [-0.2, 0) is 25.4 Å². The summed E-state index contributed by atoms with van der Waals surface area (Å²) in [5.41, 5.74) is 2.86. The maximum atomic E-state index is 12.4. The van der Waals surface area contributed by atoms with Crippen molar-refractivity contribution in [2.24, 2.45) is 19.2 Å². The number of hydrogen-bond acceptors (Lipinski definition) is 7. The number of phenols is 1. The lowest BCUT2D eigenvalue weighted by atomic mass is 10.1. The van der Waals surface area contributed by atoms with Gasteiger partial charge in [-0.2, -0.15) is 5.10 Å². The van der Waals surface area contributed by atoms with Gasteiger partial charge in [-0.15, -0.1) is 0 Å². The van der Waals surface area contributed by atoms with Crippen molar-refractivity contribution in [3.8, 4) is 11.5 Å². The van der Waals surface area contributed by atoms with Gasteiger partial charge >= 0.3 is 5.69 Å². The van der Waals surface area contributed by atoms with Gasteiger partial charge in [0.1, 0.15) is 6.54 Å². The van der Waals surface area contributed by atoms with Crippen LogP contribution in [0.1, 0.15) is 12.5 Å². The molecule has 0 bridgehead atoms. The first-order chi connectivity index (χ1) is 13.7. The van der Waals surface area contributed by atoms with E-state index in [1.54, 1.807) is 19.1 Å². The van der Waals surface area contributed by atoms with Crippen LogP contribution in [0.4, 0.5) is 0 Å². The van der Waals surface area contributed by atoms with Gasteiger partial charge < -0.3 is 14.4 Å². The van der Waals surface area contributed by atoms with Gasteiger partial charge in [0.2, 0.25) is 0 Å². The minimum Gasteiger partial charge on any atom is -0.504 e. The number of imidazole rings is 1. The van der Waals surface area contributed by atoms with E-state index in [1.165, 1.54) is 42.7 Å². The Balaban J connectivity index is 1.82. The monoisotopic (exact) mass is 400 g/mol. The fraction of sp³-hybridized carbons (Fsp3) is 0.278. The molecular formula is C18H20N6O5. The number of carbonyl (C=O) groups excluding carboxylic acids is 1. The van der Waals surface area contributed by atoms with E-state index in [1.807, 2.05) is 0 Å². The Hall–Kier alpha value is -3.89. The quantitative estimate of drug-likeness (QED) is 0.446. The highest BCUT2D eigenvalue weighted by Gasteiger charge is 2.16. The number of hydrogen-bond donors (Lipinski definition) is 2. The zero-order valence-corrected chi connectivity index (χ0v) is 16.3. The third kappa shape index (κ3) is 3.61. The van der Waals surface area contributed by atoms with Crippen molar-refractivity contribution in [2.75, 3.05) is 7.11 Å². The van der Waals surface area contributed by atoms with Crippen LogP contribution in [0.2, 0.25) is 0 Å². The van der Waals surface area contributed by atoms with Crippen LogP contribution < -0.4 is 21.4 Å². The number of aryl methyl sites for hydroxylation is 1. The first kappa shape index (κ1) is 19.9. The Morgan fingerprint density at radius 1 is 1.28 bits per heavy atom. The van der Waals surface area contributed by atoms with E-state index in [0.717, 1.165) is 4.57 Å². The second kappa shape index (κ2) is 7.62. The van der Waals surface area contributed by atoms with Crippen molar-refractivity contribution in [1.82, 2.24) is 24.1 Å². The topological polar surface area (TPSA) is 133 Å². The maximum Gasteiger partial charge on any atom is 0.332 e. The average Bonchev–Trinajstić information content (AvgIpc) is 3.12. The van der Waals surface area contributed by atoms with Crippen LogP contribution in [0.15, 0.2) is 39.2 Å². The van der Waals surface area contributed by atoms with Crippen molar-refractivity contribution in [1.29, 1.82) is 0 Å². The van der Waals surface area contributed by atoms with Crippen molar-refractivity contribution < 1.29 is 14.6 Å². The average molecular weight is 400 g/mol. The molecule has 0 atom stereocenters. The molecule has 0 aliphatic carbocycles. The van der Waals surface area contributed by atoms with E-state index < -0.39 is 17.2 Å². The van der Waals surface area contributed by atoms with Crippen LogP contribution in [0.5, 0.6) is 11.5 Å². The third-order valence-corrected chi connectivity index (χ3v) is 4.48. The molecule has 0 fully saturated rings. The van der Waals surface area contributed by atoms with E-state index >= 15 is 0 Å². The first-order valence-electron chi connectivity index (χ1n) is 8.56. The SMILES string of the molecule is COc1cc(/C(C)=N\NC(=O)Cn2cnc3c2c(=O)n(C)c(=O)n3C)ccc1O. The number of carbonyl (C=O) groups is 1. The molecule has 0 saturated carbocycles. The number of aromatic hydroxyl groups is 1. The molecule has 0 aliphatic heterocycles. The van der Waals surface area contributed by atoms with Gasteiger partial charge in [0.25, 0.3) is 11.5 Å². The summed E-state index contributed by atoms with van der Waals surface area (Å²) < 4.78 is 8.61. The lowest BCUT2D eigenvalue weighted by molar-refractivity contribution is -0.121. The molecule has 2 N–H and O–H groups in total. The number of rotatable bonds is 5. The Bertz CT molecular complexity index is 1250. The maximum absolute atomic E-state index is 12.4.